The molecular formula is C18H17BrN2O3. The molecule has 0 unspecified atom stereocenters. The number of aromatic nitrogens is 1. The molecule has 1 fully saturated rings. The molecule has 24 heavy (non-hydrogen) atoms. The SMILES string of the molecule is O=C(O)[C@@H]1CN(C(=O)Cc2cccnc2)C[C@H]1c1ccc(Br)cc1. The highest BCUT2D eigenvalue weighted by Crippen LogP contribution is 2.33. The third-order valence-corrected chi connectivity index (χ3v) is 4.89. The number of likely N-dealkylation sites (tertiary alicyclic amines) is 1. The predicted octanol–water partition coefficient (Wildman–Crippen LogP) is 2.71. The third kappa shape index (κ3) is 3.64. The van der Waals surface area contributed by atoms with Crippen molar-refractivity contribution in [3.63, 3.8) is 0 Å². The molecule has 0 bridgehead atoms. The number of carbonyl (C=O) groups excluding carboxylic acids is 1. The number of carboxylic acids is 1. The van der Waals surface area contributed by atoms with Crippen molar-refractivity contribution >= 4 is 27.8 Å². The van der Waals surface area contributed by atoms with Gasteiger partial charge in [0.2, 0.25) is 5.91 Å². The van der Waals surface area contributed by atoms with E-state index in [2.05, 4.69) is 20.9 Å². The average molecular weight is 389 g/mol. The molecule has 1 aromatic heterocycles. The van der Waals surface area contributed by atoms with Crippen molar-refractivity contribution < 1.29 is 14.7 Å². The quantitative estimate of drug-likeness (QED) is 0.873. The molecular weight excluding hydrogens is 372 g/mol. The van der Waals surface area contributed by atoms with Gasteiger partial charge in [-0.15, -0.1) is 0 Å². The fourth-order valence-electron chi connectivity index (χ4n) is 3.09. The van der Waals surface area contributed by atoms with Crippen LogP contribution in [0.4, 0.5) is 0 Å². The molecule has 2 aromatic rings. The molecule has 0 aliphatic carbocycles. The third-order valence-electron chi connectivity index (χ3n) is 4.37. The largest absolute Gasteiger partial charge is 0.481 e. The Morgan fingerprint density at radius 1 is 1.21 bits per heavy atom. The van der Waals surface area contributed by atoms with Crippen molar-refractivity contribution in [2.24, 2.45) is 5.92 Å². The summed E-state index contributed by atoms with van der Waals surface area (Å²) in [6, 6.07) is 11.3. The zero-order chi connectivity index (χ0) is 17.1. The summed E-state index contributed by atoms with van der Waals surface area (Å²) in [6.45, 7) is 0.673. The van der Waals surface area contributed by atoms with Crippen LogP contribution >= 0.6 is 15.9 Å². The maximum Gasteiger partial charge on any atom is 0.308 e. The molecule has 6 heteroatoms. The molecule has 0 radical (unpaired) electrons. The molecule has 1 saturated heterocycles. The molecule has 124 valence electrons. The van der Waals surface area contributed by atoms with Gasteiger partial charge >= 0.3 is 5.97 Å². The molecule has 2 atom stereocenters. The molecule has 1 aliphatic heterocycles. The molecule has 2 heterocycles. The molecule has 3 rings (SSSR count). The molecule has 0 spiro atoms. The van der Waals surface area contributed by atoms with Gasteiger partial charge in [0.1, 0.15) is 0 Å². The Labute approximate surface area is 148 Å². The maximum absolute atomic E-state index is 12.5. The fourth-order valence-corrected chi connectivity index (χ4v) is 3.36. The lowest BCUT2D eigenvalue weighted by Crippen LogP contribution is -2.31. The van der Waals surface area contributed by atoms with Gasteiger partial charge in [0.15, 0.2) is 0 Å². The van der Waals surface area contributed by atoms with E-state index in [1.54, 1.807) is 23.4 Å². The summed E-state index contributed by atoms with van der Waals surface area (Å²) < 4.78 is 0.945. The van der Waals surface area contributed by atoms with E-state index in [1.807, 2.05) is 30.3 Å². The Morgan fingerprint density at radius 3 is 2.58 bits per heavy atom. The number of halogens is 1. The summed E-state index contributed by atoms with van der Waals surface area (Å²) in [5, 5.41) is 9.53. The van der Waals surface area contributed by atoms with Gasteiger partial charge in [-0.3, -0.25) is 14.6 Å². The lowest BCUT2D eigenvalue weighted by Gasteiger charge is -2.16. The first-order chi connectivity index (χ1) is 11.5. The Morgan fingerprint density at radius 2 is 1.96 bits per heavy atom. The summed E-state index contributed by atoms with van der Waals surface area (Å²) in [4.78, 5) is 29.8. The molecule has 1 aliphatic rings. The van der Waals surface area contributed by atoms with Gasteiger partial charge in [-0.25, -0.2) is 0 Å². The number of carboxylic acid groups (broad SMARTS) is 1. The van der Waals surface area contributed by atoms with Crippen LogP contribution in [0.3, 0.4) is 0 Å². The lowest BCUT2D eigenvalue weighted by molar-refractivity contribution is -0.141. The highest BCUT2D eigenvalue weighted by molar-refractivity contribution is 9.10. The van der Waals surface area contributed by atoms with Gasteiger partial charge < -0.3 is 10.0 Å². The van der Waals surface area contributed by atoms with Crippen LogP contribution in [0.5, 0.6) is 0 Å². The van der Waals surface area contributed by atoms with Crippen LogP contribution in [0.1, 0.15) is 17.0 Å². The van der Waals surface area contributed by atoms with Crippen molar-refractivity contribution in [1.82, 2.24) is 9.88 Å². The summed E-state index contributed by atoms with van der Waals surface area (Å²) in [5.41, 5.74) is 1.78. The van der Waals surface area contributed by atoms with E-state index in [4.69, 9.17) is 0 Å². The van der Waals surface area contributed by atoms with Crippen LogP contribution < -0.4 is 0 Å². The Bertz CT molecular complexity index is 734. The van der Waals surface area contributed by atoms with Gasteiger partial charge in [0, 0.05) is 35.9 Å². The Hall–Kier alpha value is -2.21. The first-order valence-corrected chi connectivity index (χ1v) is 8.49. The van der Waals surface area contributed by atoms with E-state index < -0.39 is 11.9 Å². The van der Waals surface area contributed by atoms with Gasteiger partial charge in [-0.1, -0.05) is 34.1 Å². The van der Waals surface area contributed by atoms with E-state index >= 15 is 0 Å². The second-order valence-electron chi connectivity index (χ2n) is 5.94. The van der Waals surface area contributed by atoms with Gasteiger partial charge in [0.05, 0.1) is 12.3 Å². The zero-order valence-electron chi connectivity index (χ0n) is 12.9. The number of amides is 1. The first kappa shape index (κ1) is 16.6. The van der Waals surface area contributed by atoms with Gasteiger partial charge in [0.25, 0.3) is 0 Å². The Balaban J connectivity index is 1.76. The van der Waals surface area contributed by atoms with Crippen LogP contribution in [0, 0.1) is 5.92 Å². The molecule has 5 nitrogen and oxygen atoms in total. The second-order valence-corrected chi connectivity index (χ2v) is 6.86. The van der Waals surface area contributed by atoms with E-state index in [1.165, 1.54) is 0 Å². The predicted molar refractivity (Wildman–Crippen MR) is 92.5 cm³/mol. The minimum absolute atomic E-state index is 0.0612. The number of nitrogens with zero attached hydrogens (tertiary/aromatic N) is 2. The number of benzene rings is 1. The van der Waals surface area contributed by atoms with E-state index in [0.29, 0.717) is 6.54 Å². The topological polar surface area (TPSA) is 70.5 Å². The van der Waals surface area contributed by atoms with E-state index in [0.717, 1.165) is 15.6 Å². The monoisotopic (exact) mass is 388 g/mol. The smallest absolute Gasteiger partial charge is 0.308 e. The number of hydrogen-bond acceptors (Lipinski definition) is 3. The van der Waals surface area contributed by atoms with E-state index in [9.17, 15) is 14.7 Å². The highest BCUT2D eigenvalue weighted by atomic mass is 79.9. The Kier molecular flexibility index (Phi) is 4.94. The summed E-state index contributed by atoms with van der Waals surface area (Å²) >= 11 is 3.38. The van der Waals surface area contributed by atoms with Crippen LogP contribution in [-0.2, 0) is 16.0 Å². The standard InChI is InChI=1S/C18H17BrN2O3/c19-14-5-3-13(4-6-14)15-10-21(11-16(15)18(23)24)17(22)8-12-2-1-7-20-9-12/h1-7,9,15-16H,8,10-11H2,(H,23,24)/t15-,16+/m0/s1. The number of aliphatic carboxylic acids is 1. The summed E-state index contributed by atoms with van der Waals surface area (Å²) in [6.07, 6.45) is 3.57. The van der Waals surface area contributed by atoms with Crippen LogP contribution in [0.15, 0.2) is 53.3 Å². The average Bonchev–Trinajstić information content (AvgIpc) is 3.02. The molecule has 0 saturated carbocycles. The summed E-state index contributed by atoms with van der Waals surface area (Å²) in [7, 11) is 0. The number of hydrogen-bond donors (Lipinski definition) is 1. The number of pyridine rings is 1. The lowest BCUT2D eigenvalue weighted by atomic mass is 9.89. The maximum atomic E-state index is 12.5. The highest BCUT2D eigenvalue weighted by Gasteiger charge is 2.40. The number of carbonyl (C=O) groups is 2. The van der Waals surface area contributed by atoms with Crippen molar-refractivity contribution in [3.05, 3.63) is 64.4 Å². The second kappa shape index (κ2) is 7.13. The minimum atomic E-state index is -0.861. The van der Waals surface area contributed by atoms with Crippen molar-refractivity contribution in [1.29, 1.82) is 0 Å². The van der Waals surface area contributed by atoms with Crippen molar-refractivity contribution in [3.8, 4) is 0 Å². The van der Waals surface area contributed by atoms with Crippen LogP contribution in [0.2, 0.25) is 0 Å². The minimum Gasteiger partial charge on any atom is -0.481 e. The summed E-state index contributed by atoms with van der Waals surface area (Å²) in [5.74, 6) is -1.69. The van der Waals surface area contributed by atoms with Crippen molar-refractivity contribution in [2.75, 3.05) is 13.1 Å². The fraction of sp³-hybridized carbons (Fsp3) is 0.278. The van der Waals surface area contributed by atoms with Crippen molar-refractivity contribution in [2.45, 2.75) is 12.3 Å². The van der Waals surface area contributed by atoms with Gasteiger partial charge in [-0.2, -0.15) is 0 Å². The van der Waals surface area contributed by atoms with Gasteiger partial charge in [-0.05, 0) is 29.3 Å². The van der Waals surface area contributed by atoms with Crippen LogP contribution in [0.25, 0.3) is 0 Å². The number of rotatable bonds is 4. The van der Waals surface area contributed by atoms with E-state index in [-0.39, 0.29) is 24.8 Å². The molecule has 1 amide bonds. The molecule has 1 N–H and O–H groups in total. The molecule has 1 aromatic carbocycles. The normalized spacial score (nSPS) is 20.1. The first-order valence-electron chi connectivity index (χ1n) is 7.69. The zero-order valence-corrected chi connectivity index (χ0v) is 14.5. The van der Waals surface area contributed by atoms with Crippen LogP contribution in [-0.4, -0.2) is 40.0 Å².